The van der Waals surface area contributed by atoms with Crippen molar-refractivity contribution in [2.75, 3.05) is 13.2 Å². The van der Waals surface area contributed by atoms with Gasteiger partial charge in [0.2, 0.25) is 0 Å². The van der Waals surface area contributed by atoms with Gasteiger partial charge in [-0.2, -0.15) is 5.26 Å². The number of nitrogens with zero attached hydrogens (tertiary/aromatic N) is 1. The van der Waals surface area contributed by atoms with Crippen LogP contribution in [-0.4, -0.2) is 13.2 Å². The lowest BCUT2D eigenvalue weighted by molar-refractivity contribution is 0.304. The minimum Gasteiger partial charge on any atom is -0.494 e. The van der Waals surface area contributed by atoms with Crippen LogP contribution in [0.3, 0.4) is 0 Å². The number of rotatable bonds is 16. The van der Waals surface area contributed by atoms with Gasteiger partial charge in [0.1, 0.15) is 11.5 Å². The maximum absolute atomic E-state index is 9.63. The number of allylic oxidation sites excluding steroid dienone is 1. The van der Waals surface area contributed by atoms with Gasteiger partial charge in [-0.05, 0) is 66.4 Å². The molecule has 0 unspecified atom stereocenters. The largest absolute Gasteiger partial charge is 0.494 e. The summed E-state index contributed by atoms with van der Waals surface area (Å²) in [5, 5.41) is 9.63. The molecule has 0 N–H and O–H groups in total. The Morgan fingerprint density at radius 2 is 1.16 bits per heavy atom. The van der Waals surface area contributed by atoms with Gasteiger partial charge in [0.25, 0.3) is 0 Å². The Morgan fingerprint density at radius 3 is 1.69 bits per heavy atom. The van der Waals surface area contributed by atoms with Gasteiger partial charge in [-0.1, -0.05) is 77.3 Å². The minimum atomic E-state index is 0.639. The third-order valence-electron chi connectivity index (χ3n) is 5.51. The lowest BCUT2D eigenvalue weighted by Gasteiger charge is -2.08. The third kappa shape index (κ3) is 10.1. The van der Waals surface area contributed by atoms with Crippen molar-refractivity contribution in [1.29, 1.82) is 5.26 Å². The fraction of sp³-hybridized carbons (Fsp3) is 0.483. The molecule has 0 radical (unpaired) electrons. The van der Waals surface area contributed by atoms with Gasteiger partial charge in [0.05, 0.1) is 24.9 Å². The standard InChI is InChI=1S/C29H39NO2/c1-3-5-7-9-10-12-22-31-28-17-13-25(14-18-28)23-27(24-30)26-15-19-29(20-16-26)32-21-11-8-6-4-2/h13-20,23H,3-12,21-22H2,1-2H3. The summed E-state index contributed by atoms with van der Waals surface area (Å²) in [7, 11) is 0. The number of hydrogen-bond donors (Lipinski definition) is 0. The minimum absolute atomic E-state index is 0.639. The predicted octanol–water partition coefficient (Wildman–Crippen LogP) is 8.45. The van der Waals surface area contributed by atoms with Crippen LogP contribution in [0, 0.1) is 11.3 Å². The molecule has 0 saturated heterocycles. The molecule has 0 spiro atoms. The maximum atomic E-state index is 9.63. The van der Waals surface area contributed by atoms with E-state index in [1.807, 2.05) is 54.6 Å². The van der Waals surface area contributed by atoms with E-state index in [-0.39, 0.29) is 0 Å². The number of unbranched alkanes of at least 4 members (excludes halogenated alkanes) is 8. The van der Waals surface area contributed by atoms with E-state index < -0.39 is 0 Å². The lowest BCUT2D eigenvalue weighted by atomic mass is 10.0. The van der Waals surface area contributed by atoms with Crippen LogP contribution in [0.5, 0.6) is 11.5 Å². The van der Waals surface area contributed by atoms with Gasteiger partial charge < -0.3 is 9.47 Å². The average Bonchev–Trinajstić information content (AvgIpc) is 2.83. The Hall–Kier alpha value is -2.73. The fourth-order valence-electron chi connectivity index (χ4n) is 3.53. The van der Waals surface area contributed by atoms with Crippen LogP contribution in [0.2, 0.25) is 0 Å². The van der Waals surface area contributed by atoms with Crippen LogP contribution in [-0.2, 0) is 0 Å². The van der Waals surface area contributed by atoms with Gasteiger partial charge in [0.15, 0.2) is 0 Å². The Morgan fingerprint density at radius 1 is 0.688 bits per heavy atom. The third-order valence-corrected chi connectivity index (χ3v) is 5.51. The Balaban J connectivity index is 1.82. The summed E-state index contributed by atoms with van der Waals surface area (Å²) in [6, 6.07) is 18.1. The molecular formula is C29H39NO2. The van der Waals surface area contributed by atoms with Crippen molar-refractivity contribution in [2.24, 2.45) is 0 Å². The summed E-state index contributed by atoms with van der Waals surface area (Å²) in [5.41, 5.74) is 2.53. The molecule has 2 aromatic carbocycles. The molecule has 0 aliphatic heterocycles. The monoisotopic (exact) mass is 433 g/mol. The highest BCUT2D eigenvalue weighted by atomic mass is 16.5. The van der Waals surface area contributed by atoms with Crippen LogP contribution in [0.25, 0.3) is 11.6 Å². The molecule has 0 aromatic heterocycles. The van der Waals surface area contributed by atoms with E-state index in [9.17, 15) is 5.26 Å². The summed E-state index contributed by atoms with van der Waals surface area (Å²) in [4.78, 5) is 0. The Labute approximate surface area is 195 Å². The number of benzene rings is 2. The number of ether oxygens (including phenoxy) is 2. The van der Waals surface area contributed by atoms with Crippen LogP contribution in [0.15, 0.2) is 48.5 Å². The highest BCUT2D eigenvalue weighted by Crippen LogP contribution is 2.22. The van der Waals surface area contributed by atoms with E-state index in [1.54, 1.807) is 0 Å². The summed E-state index contributed by atoms with van der Waals surface area (Å²) in [6.45, 7) is 5.95. The van der Waals surface area contributed by atoms with E-state index in [0.717, 1.165) is 48.7 Å². The van der Waals surface area contributed by atoms with Gasteiger partial charge >= 0.3 is 0 Å². The first kappa shape index (κ1) is 25.5. The molecule has 172 valence electrons. The zero-order valence-electron chi connectivity index (χ0n) is 19.9. The molecule has 2 aromatic rings. The number of hydrogen-bond acceptors (Lipinski definition) is 3. The Kier molecular flexibility index (Phi) is 12.7. The summed E-state index contributed by atoms with van der Waals surface area (Å²) in [5.74, 6) is 1.74. The van der Waals surface area contributed by atoms with Crippen molar-refractivity contribution >= 4 is 11.6 Å². The van der Waals surface area contributed by atoms with Crippen LogP contribution in [0.1, 0.15) is 89.2 Å². The van der Waals surface area contributed by atoms with E-state index in [2.05, 4.69) is 19.9 Å². The molecule has 0 aliphatic carbocycles. The first-order valence-corrected chi connectivity index (χ1v) is 12.3. The van der Waals surface area contributed by atoms with E-state index in [1.165, 1.54) is 51.4 Å². The molecule has 0 fully saturated rings. The van der Waals surface area contributed by atoms with Crippen molar-refractivity contribution in [3.05, 3.63) is 59.7 Å². The quantitative estimate of drug-likeness (QED) is 0.151. The molecule has 0 bridgehead atoms. The van der Waals surface area contributed by atoms with Gasteiger partial charge in [-0.3, -0.25) is 0 Å². The van der Waals surface area contributed by atoms with Crippen molar-refractivity contribution in [3.63, 3.8) is 0 Å². The second-order valence-corrected chi connectivity index (χ2v) is 8.29. The molecule has 3 heteroatoms. The Bertz CT molecular complexity index is 816. The lowest BCUT2D eigenvalue weighted by Crippen LogP contribution is -1.97. The van der Waals surface area contributed by atoms with Crippen LogP contribution < -0.4 is 9.47 Å². The molecule has 0 atom stereocenters. The van der Waals surface area contributed by atoms with Crippen LogP contribution >= 0.6 is 0 Å². The molecule has 32 heavy (non-hydrogen) atoms. The second-order valence-electron chi connectivity index (χ2n) is 8.29. The van der Waals surface area contributed by atoms with Crippen molar-refractivity contribution in [2.45, 2.75) is 78.1 Å². The first-order valence-electron chi connectivity index (χ1n) is 12.3. The second kappa shape index (κ2) is 16.0. The molecular weight excluding hydrogens is 394 g/mol. The zero-order chi connectivity index (χ0) is 22.9. The zero-order valence-corrected chi connectivity index (χ0v) is 19.9. The van der Waals surface area contributed by atoms with Crippen molar-refractivity contribution < 1.29 is 9.47 Å². The molecule has 2 rings (SSSR count). The molecule has 0 saturated carbocycles. The van der Waals surface area contributed by atoms with Crippen LogP contribution in [0.4, 0.5) is 0 Å². The summed E-state index contributed by atoms with van der Waals surface area (Å²) < 4.78 is 11.7. The summed E-state index contributed by atoms with van der Waals surface area (Å²) in [6.07, 6.45) is 14.3. The van der Waals surface area contributed by atoms with E-state index in [0.29, 0.717) is 5.57 Å². The predicted molar refractivity (Wildman–Crippen MR) is 135 cm³/mol. The topological polar surface area (TPSA) is 42.2 Å². The first-order chi connectivity index (χ1) is 15.8. The maximum Gasteiger partial charge on any atom is 0.119 e. The van der Waals surface area contributed by atoms with Gasteiger partial charge in [-0.15, -0.1) is 0 Å². The SMILES string of the molecule is CCCCCCCCOc1ccc(C=C(C#N)c2ccc(OCCCCCC)cc2)cc1. The van der Waals surface area contributed by atoms with Gasteiger partial charge in [0, 0.05) is 0 Å². The average molecular weight is 434 g/mol. The fourth-order valence-corrected chi connectivity index (χ4v) is 3.53. The van der Waals surface area contributed by atoms with Crippen molar-refractivity contribution in [1.82, 2.24) is 0 Å². The smallest absolute Gasteiger partial charge is 0.119 e. The summed E-state index contributed by atoms with van der Waals surface area (Å²) >= 11 is 0. The van der Waals surface area contributed by atoms with Gasteiger partial charge in [-0.25, -0.2) is 0 Å². The molecule has 0 amide bonds. The molecule has 3 nitrogen and oxygen atoms in total. The normalized spacial score (nSPS) is 11.2. The van der Waals surface area contributed by atoms with Crippen molar-refractivity contribution in [3.8, 4) is 17.6 Å². The highest BCUT2D eigenvalue weighted by molar-refractivity contribution is 5.89. The highest BCUT2D eigenvalue weighted by Gasteiger charge is 2.03. The molecule has 0 heterocycles. The van der Waals surface area contributed by atoms with E-state index >= 15 is 0 Å². The molecule has 0 aliphatic rings. The van der Waals surface area contributed by atoms with E-state index in [4.69, 9.17) is 9.47 Å². The number of nitriles is 1.